The van der Waals surface area contributed by atoms with Gasteiger partial charge in [0.05, 0.1) is 48.6 Å². The largest absolute Gasteiger partial charge is 0.493 e. The van der Waals surface area contributed by atoms with Gasteiger partial charge in [0.25, 0.3) is 11.6 Å². The normalized spacial score (nSPS) is 14.2. The van der Waals surface area contributed by atoms with Crippen molar-refractivity contribution in [1.82, 2.24) is 9.88 Å². The number of nitrogens with zero attached hydrogens (tertiary/aromatic N) is 4. The first-order valence-electron chi connectivity index (χ1n) is 11.2. The predicted octanol–water partition coefficient (Wildman–Crippen LogP) is 3.82. The van der Waals surface area contributed by atoms with Crippen molar-refractivity contribution >= 4 is 38.3 Å². The summed E-state index contributed by atoms with van der Waals surface area (Å²) in [7, 11) is 2.82. The van der Waals surface area contributed by atoms with Crippen molar-refractivity contribution in [2.45, 2.75) is 13.8 Å². The van der Waals surface area contributed by atoms with E-state index in [1.54, 1.807) is 0 Å². The smallest absolute Gasteiger partial charge is 0.286 e. The van der Waals surface area contributed by atoms with Crippen molar-refractivity contribution in [2.24, 2.45) is 0 Å². The first kappa shape index (κ1) is 24.8. The van der Waals surface area contributed by atoms with Crippen LogP contribution in [-0.4, -0.2) is 74.3 Å². The number of anilines is 1. The minimum atomic E-state index is -0.581. The highest BCUT2D eigenvalue weighted by Crippen LogP contribution is 2.38. The standard InChI is InChI=1S/C24H28N4O6S/c1-15-5-6-16(2)22-21(15)25-24(35-22)27(8-7-26-9-11-34-12-10-26)23(29)17-13-19(32-3)20(33-4)14-18(17)28(30)31/h5-6,13-14H,7-12H2,1-4H3. The number of morpholine rings is 1. The maximum absolute atomic E-state index is 13.9. The van der Waals surface area contributed by atoms with Crippen LogP contribution < -0.4 is 14.4 Å². The summed E-state index contributed by atoms with van der Waals surface area (Å²) in [6.45, 7) is 7.68. The molecule has 0 unspecified atom stereocenters. The maximum atomic E-state index is 13.9. The van der Waals surface area contributed by atoms with Crippen LogP contribution in [0.2, 0.25) is 0 Å². The molecule has 2 heterocycles. The molecule has 1 amide bonds. The number of carbonyl (C=O) groups excluding carboxylic acids is 1. The third-order valence-electron chi connectivity index (χ3n) is 6.08. The Bertz CT molecular complexity index is 1220. The van der Waals surface area contributed by atoms with Crippen LogP contribution >= 0.6 is 11.3 Å². The van der Waals surface area contributed by atoms with Crippen LogP contribution in [-0.2, 0) is 4.74 Å². The first-order chi connectivity index (χ1) is 16.8. The Morgan fingerprint density at radius 2 is 1.83 bits per heavy atom. The van der Waals surface area contributed by atoms with E-state index < -0.39 is 10.8 Å². The second-order valence-electron chi connectivity index (χ2n) is 8.27. The Hall–Kier alpha value is -3.28. The molecule has 0 radical (unpaired) electrons. The number of thiazole rings is 1. The van der Waals surface area contributed by atoms with Gasteiger partial charge in [-0.1, -0.05) is 23.5 Å². The van der Waals surface area contributed by atoms with Crippen LogP contribution in [0.4, 0.5) is 10.8 Å². The number of aromatic nitrogens is 1. The monoisotopic (exact) mass is 500 g/mol. The molecule has 0 atom stereocenters. The van der Waals surface area contributed by atoms with Gasteiger partial charge < -0.3 is 14.2 Å². The first-order valence-corrected chi connectivity index (χ1v) is 12.0. The van der Waals surface area contributed by atoms with Crippen LogP contribution in [0.3, 0.4) is 0 Å². The average molecular weight is 501 g/mol. The number of carbonyl (C=O) groups is 1. The van der Waals surface area contributed by atoms with E-state index in [-0.39, 0.29) is 22.7 Å². The molecule has 0 spiro atoms. The number of aryl methyl sites for hydroxylation is 2. The Morgan fingerprint density at radius 1 is 1.17 bits per heavy atom. The van der Waals surface area contributed by atoms with Crippen molar-refractivity contribution in [3.05, 3.63) is 51.1 Å². The van der Waals surface area contributed by atoms with Crippen molar-refractivity contribution in [3.8, 4) is 11.5 Å². The Morgan fingerprint density at radius 3 is 2.46 bits per heavy atom. The fraction of sp³-hybridized carbons (Fsp3) is 0.417. The topological polar surface area (TPSA) is 107 Å². The van der Waals surface area contributed by atoms with E-state index in [4.69, 9.17) is 19.2 Å². The minimum Gasteiger partial charge on any atom is -0.493 e. The van der Waals surface area contributed by atoms with Crippen LogP contribution in [0.15, 0.2) is 24.3 Å². The molecule has 1 aliphatic heterocycles. The number of hydrogen-bond donors (Lipinski definition) is 0. The minimum absolute atomic E-state index is 0.0812. The quantitative estimate of drug-likeness (QED) is 0.339. The molecule has 4 rings (SSSR count). The number of methoxy groups -OCH3 is 2. The van der Waals surface area contributed by atoms with Crippen molar-refractivity contribution in [1.29, 1.82) is 0 Å². The number of amides is 1. The van der Waals surface area contributed by atoms with Crippen LogP contribution in [0.1, 0.15) is 21.5 Å². The molecule has 0 N–H and O–H groups in total. The third kappa shape index (κ3) is 5.07. The number of fused-ring (bicyclic) bond motifs is 1. The molecule has 1 fully saturated rings. The molecule has 2 aromatic carbocycles. The van der Waals surface area contributed by atoms with Gasteiger partial charge in [-0.3, -0.25) is 24.7 Å². The van der Waals surface area contributed by atoms with Gasteiger partial charge in [0.2, 0.25) is 0 Å². The van der Waals surface area contributed by atoms with E-state index in [9.17, 15) is 14.9 Å². The third-order valence-corrected chi connectivity index (χ3v) is 7.29. The Balaban J connectivity index is 1.79. The molecule has 1 saturated heterocycles. The molecule has 0 aliphatic carbocycles. The summed E-state index contributed by atoms with van der Waals surface area (Å²) in [4.78, 5) is 33.7. The summed E-state index contributed by atoms with van der Waals surface area (Å²) in [5.41, 5.74) is 2.47. The maximum Gasteiger partial charge on any atom is 0.286 e. The van der Waals surface area contributed by atoms with Gasteiger partial charge in [0.15, 0.2) is 16.6 Å². The molecule has 1 aliphatic rings. The lowest BCUT2D eigenvalue weighted by Gasteiger charge is -2.29. The van der Waals surface area contributed by atoms with E-state index in [2.05, 4.69) is 4.90 Å². The van der Waals surface area contributed by atoms with E-state index >= 15 is 0 Å². The van der Waals surface area contributed by atoms with E-state index in [1.807, 2.05) is 26.0 Å². The molecule has 11 heteroatoms. The summed E-state index contributed by atoms with van der Waals surface area (Å²) in [6.07, 6.45) is 0. The highest BCUT2D eigenvalue weighted by molar-refractivity contribution is 7.22. The van der Waals surface area contributed by atoms with E-state index in [0.29, 0.717) is 31.4 Å². The number of benzene rings is 2. The lowest BCUT2D eigenvalue weighted by Crippen LogP contribution is -2.43. The van der Waals surface area contributed by atoms with Gasteiger partial charge in [-0.25, -0.2) is 4.98 Å². The van der Waals surface area contributed by atoms with Crippen LogP contribution in [0.5, 0.6) is 11.5 Å². The summed E-state index contributed by atoms with van der Waals surface area (Å²) < 4.78 is 17.0. The fourth-order valence-electron chi connectivity index (χ4n) is 4.05. The zero-order valence-corrected chi connectivity index (χ0v) is 21.0. The van der Waals surface area contributed by atoms with Gasteiger partial charge in [0.1, 0.15) is 5.56 Å². The van der Waals surface area contributed by atoms with E-state index in [1.165, 1.54) is 42.6 Å². The SMILES string of the molecule is COc1cc(C(=O)N(CCN2CCOCC2)c2nc3c(C)ccc(C)c3s2)c([N+](=O)[O-])cc1OC. The molecule has 0 bridgehead atoms. The molecule has 186 valence electrons. The zero-order valence-electron chi connectivity index (χ0n) is 20.2. The van der Waals surface area contributed by atoms with Gasteiger partial charge in [-0.2, -0.15) is 0 Å². The molecule has 0 saturated carbocycles. The van der Waals surface area contributed by atoms with E-state index in [0.717, 1.165) is 34.4 Å². The second kappa shape index (κ2) is 10.5. The number of nitro groups is 1. The lowest BCUT2D eigenvalue weighted by molar-refractivity contribution is -0.385. The molecular formula is C24H28N4O6S. The van der Waals surface area contributed by atoms with Crippen molar-refractivity contribution in [2.75, 3.05) is 58.5 Å². The second-order valence-corrected chi connectivity index (χ2v) is 9.24. The average Bonchev–Trinajstić information content (AvgIpc) is 3.32. The zero-order chi connectivity index (χ0) is 25.1. The van der Waals surface area contributed by atoms with Gasteiger partial charge in [-0.05, 0) is 25.0 Å². The predicted molar refractivity (Wildman–Crippen MR) is 134 cm³/mol. The van der Waals surface area contributed by atoms with Gasteiger partial charge >= 0.3 is 0 Å². The highest BCUT2D eigenvalue weighted by atomic mass is 32.1. The van der Waals surface area contributed by atoms with Crippen LogP contribution in [0, 0.1) is 24.0 Å². The summed E-state index contributed by atoms with van der Waals surface area (Å²) >= 11 is 1.41. The number of ether oxygens (including phenoxy) is 3. The Kier molecular flexibility index (Phi) is 7.48. The lowest BCUT2D eigenvalue weighted by atomic mass is 10.1. The summed E-state index contributed by atoms with van der Waals surface area (Å²) in [5.74, 6) is -0.0901. The van der Waals surface area contributed by atoms with Gasteiger partial charge in [0, 0.05) is 32.2 Å². The summed E-state index contributed by atoms with van der Waals surface area (Å²) in [5, 5.41) is 12.4. The van der Waals surface area contributed by atoms with Crippen LogP contribution in [0.25, 0.3) is 10.2 Å². The Labute approximate surface area is 207 Å². The molecule has 35 heavy (non-hydrogen) atoms. The fourth-order valence-corrected chi connectivity index (χ4v) is 5.19. The number of rotatable bonds is 8. The molecular weight excluding hydrogens is 472 g/mol. The molecule has 10 nitrogen and oxygen atoms in total. The number of hydrogen-bond acceptors (Lipinski definition) is 9. The van der Waals surface area contributed by atoms with Gasteiger partial charge in [-0.15, -0.1) is 0 Å². The summed E-state index contributed by atoms with van der Waals surface area (Å²) in [6, 6.07) is 6.61. The van der Waals surface area contributed by atoms with Crippen molar-refractivity contribution < 1.29 is 23.9 Å². The number of nitro benzene ring substituents is 1. The molecule has 3 aromatic rings. The van der Waals surface area contributed by atoms with Crippen molar-refractivity contribution in [3.63, 3.8) is 0 Å². The molecule has 1 aromatic heterocycles. The highest BCUT2D eigenvalue weighted by Gasteiger charge is 2.31.